The van der Waals surface area contributed by atoms with Crippen molar-refractivity contribution in [1.29, 1.82) is 0 Å². The molecule has 3 heterocycles. The van der Waals surface area contributed by atoms with Crippen molar-refractivity contribution >= 4 is 22.7 Å². The van der Waals surface area contributed by atoms with E-state index in [0.717, 1.165) is 60.2 Å². The Balaban J connectivity index is 1.37. The van der Waals surface area contributed by atoms with Crippen molar-refractivity contribution in [1.82, 2.24) is 24.5 Å². The normalized spacial score (nSPS) is 20.7. The first-order chi connectivity index (χ1) is 15.7. The number of anilines is 2. The molecule has 1 aromatic carbocycles. The summed E-state index contributed by atoms with van der Waals surface area (Å²) in [5.41, 5.74) is 2.76. The second kappa shape index (κ2) is 7.63. The fraction of sp³-hybridized carbons (Fsp3) is 0.375. The van der Waals surface area contributed by atoms with Crippen molar-refractivity contribution in [2.45, 2.75) is 50.4 Å². The van der Waals surface area contributed by atoms with Gasteiger partial charge in [0.25, 0.3) is 0 Å². The van der Waals surface area contributed by atoms with Crippen LogP contribution in [0.5, 0.6) is 5.75 Å². The zero-order valence-corrected chi connectivity index (χ0v) is 18.0. The van der Waals surface area contributed by atoms with E-state index in [1.165, 1.54) is 0 Å². The van der Waals surface area contributed by atoms with E-state index in [1.54, 1.807) is 10.9 Å². The fourth-order valence-corrected chi connectivity index (χ4v) is 4.42. The fourth-order valence-electron chi connectivity index (χ4n) is 4.42. The van der Waals surface area contributed by atoms with Crippen LogP contribution in [0.2, 0.25) is 0 Å². The van der Waals surface area contributed by atoms with Gasteiger partial charge in [-0.25, -0.2) is 9.67 Å². The van der Waals surface area contributed by atoms with Gasteiger partial charge in [-0.3, -0.25) is 4.68 Å². The molecular weight excluding hydrogens is 404 g/mol. The predicted octanol–water partition coefficient (Wildman–Crippen LogP) is 4.20. The van der Waals surface area contributed by atoms with E-state index in [2.05, 4.69) is 33.3 Å². The molecule has 0 spiro atoms. The minimum atomic E-state index is -0.434. The number of aliphatic hydroxyl groups is 1. The average molecular weight is 431 g/mol. The maximum atomic E-state index is 10.3. The molecule has 8 heteroatoms. The summed E-state index contributed by atoms with van der Waals surface area (Å²) in [6.45, 7) is 0. The van der Waals surface area contributed by atoms with Crippen LogP contribution in [-0.4, -0.2) is 41.9 Å². The van der Waals surface area contributed by atoms with Crippen LogP contribution >= 0.6 is 0 Å². The molecule has 2 aliphatic carbocycles. The Morgan fingerprint density at radius 3 is 2.69 bits per heavy atom. The van der Waals surface area contributed by atoms with Crippen LogP contribution < -0.4 is 10.1 Å². The second-order valence-corrected chi connectivity index (χ2v) is 8.75. The quantitative estimate of drug-likeness (QED) is 0.476. The number of hydrogen-bond donors (Lipinski definition) is 2. The van der Waals surface area contributed by atoms with Crippen LogP contribution in [0.25, 0.3) is 22.3 Å². The summed E-state index contributed by atoms with van der Waals surface area (Å²) >= 11 is 0. The average Bonchev–Trinajstić information content (AvgIpc) is 3.28. The number of ether oxygens (including phenoxy) is 1. The maximum absolute atomic E-state index is 10.3. The predicted molar refractivity (Wildman–Crippen MR) is 122 cm³/mol. The molecule has 2 unspecified atom stereocenters. The Hall–Kier alpha value is -3.39. The smallest absolute Gasteiger partial charge is 0.163 e. The third-order valence-electron chi connectivity index (χ3n) is 6.32. The van der Waals surface area contributed by atoms with Gasteiger partial charge in [0.15, 0.2) is 5.65 Å². The molecule has 4 aromatic rings. The first-order valence-corrected chi connectivity index (χ1v) is 11.3. The lowest BCUT2D eigenvalue weighted by molar-refractivity contribution is 0.0614. The largest absolute Gasteiger partial charge is 0.487 e. The van der Waals surface area contributed by atoms with E-state index in [0.29, 0.717) is 17.6 Å². The summed E-state index contributed by atoms with van der Waals surface area (Å²) < 4.78 is 10.1. The number of nitrogens with zero attached hydrogens (tertiary/aromatic N) is 5. The molecule has 0 bridgehead atoms. The number of hydrogen-bond acceptors (Lipinski definition) is 6. The Morgan fingerprint density at radius 1 is 1.09 bits per heavy atom. The zero-order chi connectivity index (χ0) is 21.7. The first kappa shape index (κ1) is 19.3. The van der Waals surface area contributed by atoms with Crippen molar-refractivity contribution in [3.05, 3.63) is 48.7 Å². The summed E-state index contributed by atoms with van der Waals surface area (Å²) in [7, 11) is 1.87. The van der Waals surface area contributed by atoms with Crippen molar-refractivity contribution in [2.75, 3.05) is 5.32 Å². The van der Waals surface area contributed by atoms with Gasteiger partial charge >= 0.3 is 0 Å². The summed E-state index contributed by atoms with van der Waals surface area (Å²) in [6.07, 6.45) is 6.00. The monoisotopic (exact) mass is 430 g/mol. The third kappa shape index (κ3) is 3.50. The van der Waals surface area contributed by atoms with Gasteiger partial charge in [0.2, 0.25) is 0 Å². The molecule has 0 aliphatic heterocycles. The number of rotatable bonds is 6. The van der Waals surface area contributed by atoms with Gasteiger partial charge in [-0.1, -0.05) is 30.3 Å². The van der Waals surface area contributed by atoms with E-state index < -0.39 is 6.10 Å². The minimum absolute atomic E-state index is 0.199. The lowest BCUT2D eigenvalue weighted by Crippen LogP contribution is -2.25. The zero-order valence-electron chi connectivity index (χ0n) is 18.0. The molecule has 3 aromatic heterocycles. The Morgan fingerprint density at radius 2 is 1.94 bits per heavy atom. The highest BCUT2D eigenvalue weighted by Gasteiger charge is 2.29. The highest BCUT2D eigenvalue weighted by Crippen LogP contribution is 2.39. The van der Waals surface area contributed by atoms with Crippen LogP contribution in [0.4, 0.5) is 11.6 Å². The summed E-state index contributed by atoms with van der Waals surface area (Å²) in [5, 5.41) is 23.8. The van der Waals surface area contributed by atoms with Gasteiger partial charge < -0.3 is 15.2 Å². The van der Waals surface area contributed by atoms with Crippen molar-refractivity contribution in [2.24, 2.45) is 7.05 Å². The number of benzene rings is 1. The molecule has 164 valence electrons. The van der Waals surface area contributed by atoms with Gasteiger partial charge in [-0.15, -0.1) is 0 Å². The highest BCUT2D eigenvalue weighted by molar-refractivity contribution is 5.84. The van der Waals surface area contributed by atoms with Crippen LogP contribution in [0.3, 0.4) is 0 Å². The van der Waals surface area contributed by atoms with E-state index in [9.17, 15) is 5.11 Å². The van der Waals surface area contributed by atoms with Crippen LogP contribution in [-0.2, 0) is 7.05 Å². The molecule has 0 radical (unpaired) electrons. The molecule has 32 heavy (non-hydrogen) atoms. The van der Waals surface area contributed by atoms with E-state index >= 15 is 0 Å². The standard InChI is InChI=1S/C24H26N6O2/c1-29-24-17(14-25-29)21(32-20-9-5-8-19(20)31)13-22(27-24)26-23-12-18(15-6-3-2-4-7-15)28-30(23)16-10-11-16/h2-4,6-7,12-14,16,19-20,31H,5,8-11H2,1H3,(H,26,27). The van der Waals surface area contributed by atoms with Crippen LogP contribution in [0.15, 0.2) is 48.7 Å². The van der Waals surface area contributed by atoms with E-state index in [1.807, 2.05) is 31.3 Å². The van der Waals surface area contributed by atoms with Gasteiger partial charge in [0.1, 0.15) is 23.5 Å². The third-order valence-corrected chi connectivity index (χ3v) is 6.32. The number of aromatic nitrogens is 5. The molecule has 2 atom stereocenters. The van der Waals surface area contributed by atoms with Crippen molar-refractivity contribution < 1.29 is 9.84 Å². The first-order valence-electron chi connectivity index (χ1n) is 11.3. The maximum Gasteiger partial charge on any atom is 0.163 e. The van der Waals surface area contributed by atoms with Gasteiger partial charge in [-0.05, 0) is 32.1 Å². The van der Waals surface area contributed by atoms with Crippen LogP contribution in [0.1, 0.15) is 38.1 Å². The molecular formula is C24H26N6O2. The Bertz CT molecular complexity index is 1260. The summed E-state index contributed by atoms with van der Waals surface area (Å²) in [4.78, 5) is 4.79. The number of aryl methyl sites for hydroxylation is 1. The molecule has 2 N–H and O–H groups in total. The highest BCUT2D eigenvalue weighted by atomic mass is 16.5. The number of aliphatic hydroxyl groups excluding tert-OH is 1. The van der Waals surface area contributed by atoms with Crippen LogP contribution in [0, 0.1) is 0 Å². The lowest BCUT2D eigenvalue weighted by atomic mass is 10.1. The number of fused-ring (bicyclic) bond motifs is 1. The molecule has 2 fully saturated rings. The Labute approximate surface area is 185 Å². The summed E-state index contributed by atoms with van der Waals surface area (Å²) in [6, 6.07) is 14.6. The Kier molecular flexibility index (Phi) is 4.61. The van der Waals surface area contributed by atoms with Crippen molar-refractivity contribution in [3.63, 3.8) is 0 Å². The SMILES string of the molecule is Cn1ncc2c(OC3CCCC3O)cc(Nc3cc(-c4ccccc4)nn3C3CC3)nc21. The second-order valence-electron chi connectivity index (χ2n) is 8.75. The van der Waals surface area contributed by atoms with Crippen molar-refractivity contribution in [3.8, 4) is 17.0 Å². The lowest BCUT2D eigenvalue weighted by Gasteiger charge is -2.18. The van der Waals surface area contributed by atoms with E-state index in [4.69, 9.17) is 14.8 Å². The van der Waals surface area contributed by atoms with E-state index in [-0.39, 0.29) is 6.10 Å². The molecule has 0 saturated heterocycles. The minimum Gasteiger partial charge on any atom is -0.487 e. The topological polar surface area (TPSA) is 90.0 Å². The van der Waals surface area contributed by atoms with Gasteiger partial charge in [-0.2, -0.15) is 10.2 Å². The molecule has 8 nitrogen and oxygen atoms in total. The van der Waals surface area contributed by atoms with Gasteiger partial charge in [0.05, 0.1) is 29.4 Å². The molecule has 6 rings (SSSR count). The summed E-state index contributed by atoms with van der Waals surface area (Å²) in [5.74, 6) is 2.27. The molecule has 2 saturated carbocycles. The molecule has 0 amide bonds. The van der Waals surface area contributed by atoms with Gasteiger partial charge in [0, 0.05) is 24.7 Å². The molecule has 2 aliphatic rings. The number of nitrogens with one attached hydrogen (secondary N) is 1. The number of pyridine rings is 1.